The highest BCUT2D eigenvalue weighted by atomic mass is 32.1. The largest absolute Gasteiger partial charge is 0.455 e. The van der Waals surface area contributed by atoms with Gasteiger partial charge in [-0.2, -0.15) is 0 Å². The predicted octanol–water partition coefficient (Wildman–Crippen LogP) is 12.6. The maximum Gasteiger partial charge on any atom is 0.236 e. The molecule has 50 heavy (non-hydrogen) atoms. The molecule has 0 bridgehead atoms. The van der Waals surface area contributed by atoms with Crippen LogP contribution in [0.1, 0.15) is 0 Å². The summed E-state index contributed by atoms with van der Waals surface area (Å²) in [5, 5.41) is 10.4. The van der Waals surface area contributed by atoms with Crippen molar-refractivity contribution in [2.45, 2.75) is 0 Å². The maximum atomic E-state index is 6.60. The zero-order chi connectivity index (χ0) is 32.5. The van der Waals surface area contributed by atoms with Crippen molar-refractivity contribution in [1.29, 1.82) is 0 Å². The van der Waals surface area contributed by atoms with E-state index in [1.807, 2.05) is 47.7 Å². The fraction of sp³-hybridized carbons (Fsp3) is 0. The van der Waals surface area contributed by atoms with Crippen molar-refractivity contribution in [2.75, 3.05) is 0 Å². The van der Waals surface area contributed by atoms with Crippen molar-refractivity contribution < 1.29 is 8.83 Å². The lowest BCUT2D eigenvalue weighted by molar-refractivity contribution is 0.662. The summed E-state index contributed by atoms with van der Waals surface area (Å²) in [7, 11) is 0. The van der Waals surface area contributed by atoms with Crippen LogP contribution in [-0.4, -0.2) is 14.5 Å². The summed E-state index contributed by atoms with van der Waals surface area (Å²) in [4.78, 5) is 10.8. The summed E-state index contributed by atoms with van der Waals surface area (Å²) in [6.07, 6.45) is 0. The second-order valence-electron chi connectivity index (χ2n) is 12.9. The molecule has 0 unspecified atom stereocenters. The van der Waals surface area contributed by atoms with Crippen molar-refractivity contribution in [3.63, 3.8) is 0 Å². The number of rotatable bonds is 2. The highest BCUT2D eigenvalue weighted by Gasteiger charge is 2.26. The SMILES string of the molecule is c1ccc2c(c1)oc1c(-c3nc(-n4c5ccccc5c5c6sc7ccccc7c6c6ccccc6c54)nc4c3oc3ccccc34)cccc12. The molecule has 0 radical (unpaired) electrons. The van der Waals surface area contributed by atoms with Crippen molar-refractivity contribution in [1.82, 2.24) is 14.5 Å². The molecule has 7 aromatic carbocycles. The Morgan fingerprint density at radius 1 is 0.480 bits per heavy atom. The lowest BCUT2D eigenvalue weighted by Crippen LogP contribution is -2.03. The smallest absolute Gasteiger partial charge is 0.236 e. The summed E-state index contributed by atoms with van der Waals surface area (Å²) in [6, 6.07) is 48.7. The van der Waals surface area contributed by atoms with Crippen LogP contribution in [0.4, 0.5) is 0 Å². The number of benzene rings is 7. The van der Waals surface area contributed by atoms with E-state index < -0.39 is 0 Å². The van der Waals surface area contributed by atoms with Crippen LogP contribution in [-0.2, 0) is 0 Å². The summed E-state index contributed by atoms with van der Waals surface area (Å²) in [5.74, 6) is 0.587. The second kappa shape index (κ2) is 9.56. The van der Waals surface area contributed by atoms with Gasteiger partial charge in [-0.25, -0.2) is 9.97 Å². The van der Waals surface area contributed by atoms with Crippen LogP contribution in [0, 0.1) is 0 Å². The third-order valence-electron chi connectivity index (χ3n) is 10.2. The molecular formula is C44H23N3O2S. The van der Waals surface area contributed by atoms with E-state index in [2.05, 4.69) is 108 Å². The van der Waals surface area contributed by atoms with Gasteiger partial charge in [0, 0.05) is 58.1 Å². The molecule has 5 heterocycles. The first kappa shape index (κ1) is 26.5. The van der Waals surface area contributed by atoms with Gasteiger partial charge in [-0.15, -0.1) is 11.3 Å². The van der Waals surface area contributed by atoms with Gasteiger partial charge in [0.1, 0.15) is 28.0 Å². The van der Waals surface area contributed by atoms with Crippen LogP contribution in [0.15, 0.2) is 148 Å². The normalized spacial score (nSPS) is 12.4. The van der Waals surface area contributed by atoms with Gasteiger partial charge in [0.05, 0.1) is 11.0 Å². The molecule has 0 saturated heterocycles. The number of thiophene rings is 1. The molecule has 0 saturated carbocycles. The van der Waals surface area contributed by atoms with E-state index in [1.54, 1.807) is 0 Å². The van der Waals surface area contributed by atoms with Gasteiger partial charge >= 0.3 is 0 Å². The van der Waals surface area contributed by atoms with Gasteiger partial charge in [-0.1, -0.05) is 103 Å². The number of hydrogen-bond acceptors (Lipinski definition) is 5. The van der Waals surface area contributed by atoms with E-state index >= 15 is 0 Å². The van der Waals surface area contributed by atoms with Gasteiger partial charge in [0.2, 0.25) is 5.95 Å². The molecule has 0 aliphatic rings. The van der Waals surface area contributed by atoms with E-state index in [0.717, 1.165) is 60.4 Å². The van der Waals surface area contributed by atoms with Crippen LogP contribution in [0.5, 0.6) is 0 Å². The number of para-hydroxylation sites is 4. The van der Waals surface area contributed by atoms with Crippen LogP contribution < -0.4 is 0 Å². The monoisotopic (exact) mass is 657 g/mol. The Kier molecular flexibility index (Phi) is 5.06. The summed E-state index contributed by atoms with van der Waals surface area (Å²) < 4.78 is 18.0. The first-order valence-electron chi connectivity index (χ1n) is 16.7. The minimum Gasteiger partial charge on any atom is -0.455 e. The first-order valence-corrected chi connectivity index (χ1v) is 17.5. The third kappa shape index (κ3) is 3.35. The molecule has 5 aromatic heterocycles. The van der Waals surface area contributed by atoms with Gasteiger partial charge in [0.15, 0.2) is 5.58 Å². The van der Waals surface area contributed by atoms with E-state index in [0.29, 0.717) is 17.2 Å². The average Bonchev–Trinajstić information content (AvgIpc) is 3.93. The van der Waals surface area contributed by atoms with Gasteiger partial charge in [-0.05, 0) is 41.8 Å². The molecular weight excluding hydrogens is 635 g/mol. The van der Waals surface area contributed by atoms with Crippen LogP contribution in [0.3, 0.4) is 0 Å². The fourth-order valence-corrected chi connectivity index (χ4v) is 9.40. The third-order valence-corrected chi connectivity index (χ3v) is 11.4. The number of nitrogens with zero attached hydrogens (tertiary/aromatic N) is 3. The van der Waals surface area contributed by atoms with Crippen molar-refractivity contribution >= 4 is 108 Å². The lowest BCUT2D eigenvalue weighted by Gasteiger charge is -2.11. The molecule has 5 nitrogen and oxygen atoms in total. The zero-order valence-electron chi connectivity index (χ0n) is 26.3. The Morgan fingerprint density at radius 3 is 1.98 bits per heavy atom. The van der Waals surface area contributed by atoms with Crippen molar-refractivity contribution in [2.24, 2.45) is 0 Å². The van der Waals surface area contributed by atoms with E-state index in [9.17, 15) is 0 Å². The summed E-state index contributed by atoms with van der Waals surface area (Å²) in [5.41, 5.74) is 7.51. The van der Waals surface area contributed by atoms with E-state index in [-0.39, 0.29) is 0 Å². The number of fused-ring (bicyclic) bond motifs is 16. The topological polar surface area (TPSA) is 57.0 Å². The Labute approximate surface area is 287 Å². The average molecular weight is 658 g/mol. The molecule has 0 atom stereocenters. The Balaban J connectivity index is 1.29. The zero-order valence-corrected chi connectivity index (χ0v) is 27.2. The Morgan fingerprint density at radius 2 is 1.12 bits per heavy atom. The lowest BCUT2D eigenvalue weighted by atomic mass is 10.00. The molecule has 0 aliphatic heterocycles. The maximum absolute atomic E-state index is 6.60. The minimum absolute atomic E-state index is 0.587. The highest BCUT2D eigenvalue weighted by molar-refractivity contribution is 7.27. The van der Waals surface area contributed by atoms with Crippen LogP contribution >= 0.6 is 11.3 Å². The molecule has 0 N–H and O–H groups in total. The number of hydrogen-bond donors (Lipinski definition) is 0. The molecule has 6 heteroatoms. The van der Waals surface area contributed by atoms with E-state index in [1.165, 1.54) is 36.3 Å². The Hall–Kier alpha value is -6.50. The first-order chi connectivity index (χ1) is 24.8. The molecule has 0 amide bonds. The highest BCUT2D eigenvalue weighted by Crippen LogP contribution is 2.48. The molecule has 0 fully saturated rings. The van der Waals surface area contributed by atoms with Crippen LogP contribution in [0.2, 0.25) is 0 Å². The Bertz CT molecular complexity index is 3400. The molecule has 232 valence electrons. The van der Waals surface area contributed by atoms with Crippen LogP contribution in [0.25, 0.3) is 114 Å². The van der Waals surface area contributed by atoms with Gasteiger partial charge < -0.3 is 8.83 Å². The number of furan rings is 2. The molecule has 12 rings (SSSR count). The molecule has 0 spiro atoms. The summed E-state index contributed by atoms with van der Waals surface area (Å²) >= 11 is 1.86. The quantitative estimate of drug-likeness (QED) is 0.186. The predicted molar refractivity (Wildman–Crippen MR) is 207 cm³/mol. The second-order valence-corrected chi connectivity index (χ2v) is 13.9. The van der Waals surface area contributed by atoms with E-state index in [4.69, 9.17) is 18.8 Å². The fourth-order valence-electron chi connectivity index (χ4n) is 8.12. The standard InChI is InChI=1S/C44H23N3O2S/c1-2-14-26-25(13-1)36-30-17-6-10-23-35(30)50-43(36)37-28-15-3-7-20-32(28)47(40(26)37)44-45-38-29-16-5-9-22-34(29)49-42(38)39(46-44)31-19-11-18-27-24-12-4-8-21-33(24)48-41(27)31/h1-23H. The molecule has 12 aromatic rings. The van der Waals surface area contributed by atoms with Gasteiger partial charge in [0.25, 0.3) is 0 Å². The van der Waals surface area contributed by atoms with Gasteiger partial charge in [-0.3, -0.25) is 4.57 Å². The minimum atomic E-state index is 0.587. The summed E-state index contributed by atoms with van der Waals surface area (Å²) in [6.45, 7) is 0. The molecule has 0 aliphatic carbocycles. The number of aromatic nitrogens is 3. The van der Waals surface area contributed by atoms with Crippen molar-refractivity contribution in [3.05, 3.63) is 140 Å². The van der Waals surface area contributed by atoms with Crippen molar-refractivity contribution in [3.8, 4) is 17.2 Å².